The number of nitrogens with one attached hydrogen (secondary N) is 3. The van der Waals surface area contributed by atoms with Gasteiger partial charge in [-0.15, -0.1) is 11.3 Å². The number of aromatic nitrogens is 1. The highest BCUT2D eigenvalue weighted by atomic mass is 32.1. The first kappa shape index (κ1) is 15.4. The van der Waals surface area contributed by atoms with Gasteiger partial charge in [0.05, 0.1) is 5.69 Å². The molecule has 1 aromatic carbocycles. The number of anilines is 1. The fraction of sp³-hybridized carbons (Fsp3) is 0.267. The van der Waals surface area contributed by atoms with Gasteiger partial charge >= 0.3 is 6.03 Å². The van der Waals surface area contributed by atoms with Crippen LogP contribution in [0.25, 0.3) is 0 Å². The lowest BCUT2D eigenvalue weighted by Gasteiger charge is -2.06. The molecule has 120 valence electrons. The van der Waals surface area contributed by atoms with Crippen LogP contribution in [-0.4, -0.2) is 29.5 Å². The van der Waals surface area contributed by atoms with Crippen molar-refractivity contribution in [2.24, 2.45) is 0 Å². The van der Waals surface area contributed by atoms with Crippen molar-refractivity contribution in [3.63, 3.8) is 0 Å². The van der Waals surface area contributed by atoms with Gasteiger partial charge in [0.25, 0.3) is 5.91 Å². The molecular weight excluding hydrogens is 319 g/mol. The molecule has 2 aromatic rings. The van der Waals surface area contributed by atoms with Crippen molar-refractivity contribution in [3.05, 3.63) is 46.2 Å². The highest BCUT2D eigenvalue weighted by molar-refractivity contribution is 7.15. The summed E-state index contributed by atoms with van der Waals surface area (Å²) in [6.45, 7) is 2.07. The standard InChI is InChI=1S/C15H15FN4O2S/c1-8-12(6-9-4-2-3-5-10(9)16)23-15(18-8)20-13(21)11-7-17-14(22)19-11/h2-5,11H,6-7H2,1H3,(H2,17,19,22)(H,18,20,21)/t11-/m1/s1. The first-order chi connectivity index (χ1) is 11.0. The summed E-state index contributed by atoms with van der Waals surface area (Å²) in [4.78, 5) is 28.3. The molecule has 0 aliphatic carbocycles. The molecule has 0 spiro atoms. The van der Waals surface area contributed by atoms with E-state index in [1.807, 2.05) is 6.92 Å². The Balaban J connectivity index is 1.70. The average Bonchev–Trinajstić information content (AvgIpc) is 3.08. The minimum atomic E-state index is -0.610. The summed E-state index contributed by atoms with van der Waals surface area (Å²) >= 11 is 1.31. The number of carbonyl (C=O) groups is 2. The summed E-state index contributed by atoms with van der Waals surface area (Å²) in [6, 6.07) is 5.61. The lowest BCUT2D eigenvalue weighted by molar-refractivity contribution is -0.117. The number of halogens is 1. The molecule has 0 saturated carbocycles. The Morgan fingerprint density at radius 1 is 1.48 bits per heavy atom. The fourth-order valence-electron chi connectivity index (χ4n) is 2.27. The Morgan fingerprint density at radius 3 is 2.96 bits per heavy atom. The minimum Gasteiger partial charge on any atom is -0.336 e. The third-order valence-corrected chi connectivity index (χ3v) is 4.59. The number of nitrogens with zero attached hydrogens (tertiary/aromatic N) is 1. The number of urea groups is 1. The lowest BCUT2D eigenvalue weighted by Crippen LogP contribution is -2.38. The van der Waals surface area contributed by atoms with Crippen molar-refractivity contribution in [3.8, 4) is 0 Å². The zero-order chi connectivity index (χ0) is 16.4. The van der Waals surface area contributed by atoms with E-state index in [0.29, 0.717) is 17.1 Å². The number of rotatable bonds is 4. The van der Waals surface area contributed by atoms with Gasteiger partial charge in [-0.2, -0.15) is 0 Å². The van der Waals surface area contributed by atoms with E-state index in [0.717, 1.165) is 10.6 Å². The molecule has 0 unspecified atom stereocenters. The second kappa shape index (κ2) is 6.33. The van der Waals surface area contributed by atoms with Gasteiger partial charge in [0.1, 0.15) is 11.9 Å². The second-order valence-corrected chi connectivity index (χ2v) is 6.28. The lowest BCUT2D eigenvalue weighted by atomic mass is 10.1. The van der Waals surface area contributed by atoms with Crippen molar-refractivity contribution >= 4 is 28.4 Å². The molecule has 23 heavy (non-hydrogen) atoms. The van der Waals surface area contributed by atoms with Gasteiger partial charge in [0.15, 0.2) is 5.13 Å². The summed E-state index contributed by atoms with van der Waals surface area (Å²) in [7, 11) is 0. The van der Waals surface area contributed by atoms with E-state index in [9.17, 15) is 14.0 Å². The SMILES string of the molecule is Cc1nc(NC(=O)[C@H]2CNC(=O)N2)sc1Cc1ccccc1F. The number of hydrogen-bond acceptors (Lipinski definition) is 4. The number of amides is 3. The highest BCUT2D eigenvalue weighted by Crippen LogP contribution is 2.26. The fourth-order valence-corrected chi connectivity index (χ4v) is 3.25. The number of carbonyl (C=O) groups excluding carboxylic acids is 2. The van der Waals surface area contributed by atoms with E-state index < -0.39 is 6.04 Å². The molecule has 8 heteroatoms. The van der Waals surface area contributed by atoms with Gasteiger partial charge in [0.2, 0.25) is 0 Å². The van der Waals surface area contributed by atoms with Crippen molar-refractivity contribution in [2.75, 3.05) is 11.9 Å². The summed E-state index contributed by atoms with van der Waals surface area (Å²) < 4.78 is 13.7. The Morgan fingerprint density at radius 2 is 2.26 bits per heavy atom. The second-order valence-electron chi connectivity index (χ2n) is 5.19. The summed E-state index contributed by atoms with van der Waals surface area (Å²) in [5, 5.41) is 8.16. The molecule has 1 saturated heterocycles. The van der Waals surface area contributed by atoms with Gasteiger partial charge in [-0.05, 0) is 18.6 Å². The predicted octanol–water partition coefficient (Wildman–Crippen LogP) is 1.80. The minimum absolute atomic E-state index is 0.247. The first-order valence-corrected chi connectivity index (χ1v) is 7.89. The van der Waals surface area contributed by atoms with Crippen LogP contribution in [0.2, 0.25) is 0 Å². The quantitative estimate of drug-likeness (QED) is 0.797. The number of aryl methyl sites for hydroxylation is 1. The third-order valence-electron chi connectivity index (χ3n) is 3.52. The number of hydrogen-bond donors (Lipinski definition) is 3. The average molecular weight is 334 g/mol. The van der Waals surface area contributed by atoms with Crippen molar-refractivity contribution in [1.82, 2.24) is 15.6 Å². The van der Waals surface area contributed by atoms with E-state index in [1.165, 1.54) is 17.4 Å². The summed E-state index contributed by atoms with van der Waals surface area (Å²) in [6.07, 6.45) is 0.424. The maximum absolute atomic E-state index is 13.7. The molecule has 1 aromatic heterocycles. The summed E-state index contributed by atoms with van der Waals surface area (Å²) in [5.74, 6) is -0.583. The zero-order valence-electron chi connectivity index (χ0n) is 12.4. The van der Waals surface area contributed by atoms with Crippen LogP contribution in [0.4, 0.5) is 14.3 Å². The number of benzene rings is 1. The van der Waals surface area contributed by atoms with Crippen LogP contribution in [0, 0.1) is 12.7 Å². The molecule has 1 aliphatic heterocycles. The van der Waals surface area contributed by atoms with E-state index in [-0.39, 0.29) is 24.3 Å². The van der Waals surface area contributed by atoms with E-state index >= 15 is 0 Å². The van der Waals surface area contributed by atoms with Crippen LogP contribution in [-0.2, 0) is 11.2 Å². The molecule has 1 atom stereocenters. The number of thiazole rings is 1. The molecule has 1 aliphatic rings. The molecular formula is C15H15FN4O2S. The third kappa shape index (κ3) is 3.48. The monoisotopic (exact) mass is 334 g/mol. The highest BCUT2D eigenvalue weighted by Gasteiger charge is 2.27. The first-order valence-electron chi connectivity index (χ1n) is 7.08. The van der Waals surface area contributed by atoms with Crippen molar-refractivity contribution < 1.29 is 14.0 Å². The topological polar surface area (TPSA) is 83.1 Å². The zero-order valence-corrected chi connectivity index (χ0v) is 13.2. The molecule has 6 nitrogen and oxygen atoms in total. The largest absolute Gasteiger partial charge is 0.336 e. The van der Waals surface area contributed by atoms with E-state index in [2.05, 4.69) is 20.9 Å². The predicted molar refractivity (Wildman–Crippen MR) is 85.0 cm³/mol. The van der Waals surface area contributed by atoms with Crippen LogP contribution in [0.3, 0.4) is 0 Å². The molecule has 1 fully saturated rings. The van der Waals surface area contributed by atoms with Gasteiger partial charge < -0.3 is 16.0 Å². The normalized spacial score (nSPS) is 16.8. The van der Waals surface area contributed by atoms with Crippen molar-refractivity contribution in [1.29, 1.82) is 0 Å². The van der Waals surface area contributed by atoms with Crippen LogP contribution >= 0.6 is 11.3 Å². The molecule has 3 N–H and O–H groups in total. The van der Waals surface area contributed by atoms with Gasteiger partial charge in [-0.1, -0.05) is 18.2 Å². The maximum atomic E-state index is 13.7. The molecule has 3 amide bonds. The van der Waals surface area contributed by atoms with Crippen LogP contribution in [0.15, 0.2) is 24.3 Å². The van der Waals surface area contributed by atoms with E-state index in [1.54, 1.807) is 18.2 Å². The maximum Gasteiger partial charge on any atom is 0.315 e. The van der Waals surface area contributed by atoms with E-state index in [4.69, 9.17) is 0 Å². The molecule has 2 heterocycles. The van der Waals surface area contributed by atoms with Crippen LogP contribution in [0.5, 0.6) is 0 Å². The smallest absolute Gasteiger partial charge is 0.315 e. The summed E-state index contributed by atoms with van der Waals surface area (Å²) in [5.41, 5.74) is 1.34. The molecule has 0 bridgehead atoms. The Hall–Kier alpha value is -2.48. The molecule has 3 rings (SSSR count). The Kier molecular flexibility index (Phi) is 4.24. The van der Waals surface area contributed by atoms with Crippen LogP contribution < -0.4 is 16.0 Å². The Bertz CT molecular complexity index is 762. The van der Waals surface area contributed by atoms with Gasteiger partial charge in [-0.25, -0.2) is 14.2 Å². The van der Waals surface area contributed by atoms with Crippen molar-refractivity contribution in [2.45, 2.75) is 19.4 Å². The van der Waals surface area contributed by atoms with Gasteiger partial charge in [-0.3, -0.25) is 4.79 Å². The van der Waals surface area contributed by atoms with Gasteiger partial charge in [0, 0.05) is 17.8 Å². The van der Waals surface area contributed by atoms with Crippen LogP contribution in [0.1, 0.15) is 16.1 Å². The Labute approximate surface area is 136 Å². The molecule has 0 radical (unpaired) electrons.